The number of halogens is 2. The van der Waals surface area contributed by atoms with Gasteiger partial charge in [-0.05, 0) is 19.1 Å². The molecule has 0 atom stereocenters. The van der Waals surface area contributed by atoms with E-state index in [-0.39, 0.29) is 21.5 Å². The van der Waals surface area contributed by atoms with E-state index in [0.717, 1.165) is 0 Å². The van der Waals surface area contributed by atoms with E-state index in [0.29, 0.717) is 12.3 Å². The maximum Gasteiger partial charge on any atom is 0.254 e. The highest BCUT2D eigenvalue weighted by molar-refractivity contribution is 6.39. The molecular weight excluding hydrogens is 237 g/mol. The molecular formula is C10H11Cl2NO2. The Morgan fingerprint density at radius 2 is 1.93 bits per heavy atom. The molecule has 0 saturated carbocycles. The summed E-state index contributed by atoms with van der Waals surface area (Å²) in [5, 5.41) is 3.20. The van der Waals surface area contributed by atoms with Crippen LogP contribution in [0.1, 0.15) is 17.3 Å². The van der Waals surface area contributed by atoms with Crippen LogP contribution in [0.4, 0.5) is 0 Å². The molecule has 0 radical (unpaired) electrons. The van der Waals surface area contributed by atoms with Gasteiger partial charge < -0.3 is 10.1 Å². The lowest BCUT2D eigenvalue weighted by Crippen LogP contribution is -2.23. The quantitative estimate of drug-likeness (QED) is 0.893. The van der Waals surface area contributed by atoms with Crippen LogP contribution in [-0.2, 0) is 0 Å². The lowest BCUT2D eigenvalue weighted by atomic mass is 10.2. The highest BCUT2D eigenvalue weighted by Crippen LogP contribution is 2.29. The van der Waals surface area contributed by atoms with E-state index in [4.69, 9.17) is 27.9 Å². The minimum Gasteiger partial charge on any atom is -0.497 e. The number of hydrogen-bond acceptors (Lipinski definition) is 2. The average Bonchev–Trinajstić information content (AvgIpc) is 2.16. The fourth-order valence-corrected chi connectivity index (χ4v) is 1.77. The molecule has 0 saturated heterocycles. The standard InChI is InChI=1S/C10H11Cl2NO2/c1-3-13-10(14)9-7(11)4-6(15-2)5-8(9)12/h4-5H,3H2,1-2H3,(H,13,14). The van der Waals surface area contributed by atoms with Crippen molar-refractivity contribution in [2.24, 2.45) is 0 Å². The minimum absolute atomic E-state index is 0.279. The van der Waals surface area contributed by atoms with Crippen LogP contribution in [0.15, 0.2) is 12.1 Å². The summed E-state index contributed by atoms with van der Waals surface area (Å²) in [6.45, 7) is 2.35. The zero-order valence-electron chi connectivity index (χ0n) is 8.43. The summed E-state index contributed by atoms with van der Waals surface area (Å²) in [5.41, 5.74) is 0.279. The molecule has 1 amide bonds. The Morgan fingerprint density at radius 3 is 2.33 bits per heavy atom. The summed E-state index contributed by atoms with van der Waals surface area (Å²) in [7, 11) is 1.51. The number of hydrogen-bond donors (Lipinski definition) is 1. The van der Waals surface area contributed by atoms with Gasteiger partial charge in [0, 0.05) is 6.54 Å². The molecule has 0 aliphatic heterocycles. The molecule has 1 N–H and O–H groups in total. The van der Waals surface area contributed by atoms with E-state index in [2.05, 4.69) is 5.32 Å². The van der Waals surface area contributed by atoms with Gasteiger partial charge in [0.2, 0.25) is 0 Å². The Labute approximate surface area is 98.3 Å². The summed E-state index contributed by atoms with van der Waals surface area (Å²) < 4.78 is 4.97. The molecule has 15 heavy (non-hydrogen) atoms. The van der Waals surface area contributed by atoms with Gasteiger partial charge >= 0.3 is 0 Å². The third kappa shape index (κ3) is 2.76. The zero-order chi connectivity index (χ0) is 11.4. The second-order valence-corrected chi connectivity index (χ2v) is 3.64. The maximum atomic E-state index is 11.6. The van der Waals surface area contributed by atoms with Crippen molar-refractivity contribution in [3.63, 3.8) is 0 Å². The van der Waals surface area contributed by atoms with Crippen LogP contribution in [0.5, 0.6) is 5.75 Å². The van der Waals surface area contributed by atoms with Gasteiger partial charge in [-0.25, -0.2) is 0 Å². The molecule has 3 nitrogen and oxygen atoms in total. The molecule has 0 heterocycles. The summed E-state index contributed by atoms with van der Waals surface area (Å²) in [6.07, 6.45) is 0. The van der Waals surface area contributed by atoms with Gasteiger partial charge in [0.05, 0.1) is 22.7 Å². The number of amides is 1. The van der Waals surface area contributed by atoms with E-state index >= 15 is 0 Å². The Kier molecular flexibility index (Phi) is 4.24. The van der Waals surface area contributed by atoms with Crippen molar-refractivity contribution in [2.75, 3.05) is 13.7 Å². The molecule has 0 unspecified atom stereocenters. The Balaban J connectivity index is 3.13. The van der Waals surface area contributed by atoms with E-state index in [1.54, 1.807) is 12.1 Å². The van der Waals surface area contributed by atoms with Gasteiger partial charge in [-0.15, -0.1) is 0 Å². The zero-order valence-corrected chi connectivity index (χ0v) is 9.95. The van der Waals surface area contributed by atoms with E-state index in [1.165, 1.54) is 7.11 Å². The van der Waals surface area contributed by atoms with Crippen LogP contribution >= 0.6 is 23.2 Å². The Morgan fingerprint density at radius 1 is 1.40 bits per heavy atom. The van der Waals surface area contributed by atoms with E-state index in [9.17, 15) is 4.79 Å². The van der Waals surface area contributed by atoms with Crippen molar-refractivity contribution in [1.29, 1.82) is 0 Å². The fraction of sp³-hybridized carbons (Fsp3) is 0.300. The number of benzene rings is 1. The largest absolute Gasteiger partial charge is 0.497 e. The maximum absolute atomic E-state index is 11.6. The number of rotatable bonds is 3. The summed E-state index contributed by atoms with van der Waals surface area (Å²) in [6, 6.07) is 3.11. The second-order valence-electron chi connectivity index (χ2n) is 2.83. The van der Waals surface area contributed by atoms with Crippen LogP contribution in [0, 0.1) is 0 Å². The van der Waals surface area contributed by atoms with Crippen LogP contribution < -0.4 is 10.1 Å². The Bertz CT molecular complexity index is 357. The monoisotopic (exact) mass is 247 g/mol. The molecule has 5 heteroatoms. The predicted molar refractivity (Wildman–Crippen MR) is 61.0 cm³/mol. The molecule has 1 rings (SSSR count). The summed E-state index contributed by atoms with van der Waals surface area (Å²) in [4.78, 5) is 11.6. The summed E-state index contributed by atoms with van der Waals surface area (Å²) >= 11 is 11.8. The van der Waals surface area contributed by atoms with Gasteiger partial charge in [0.25, 0.3) is 5.91 Å². The third-order valence-electron chi connectivity index (χ3n) is 1.82. The van der Waals surface area contributed by atoms with Crippen molar-refractivity contribution in [3.8, 4) is 5.75 Å². The molecule has 1 aromatic carbocycles. The summed E-state index contributed by atoms with van der Waals surface area (Å²) in [5.74, 6) is 0.244. The van der Waals surface area contributed by atoms with Gasteiger partial charge in [-0.1, -0.05) is 23.2 Å². The minimum atomic E-state index is -0.282. The van der Waals surface area contributed by atoms with E-state index in [1.807, 2.05) is 6.92 Å². The molecule has 0 aliphatic rings. The van der Waals surface area contributed by atoms with Crippen molar-refractivity contribution in [3.05, 3.63) is 27.7 Å². The van der Waals surface area contributed by atoms with E-state index < -0.39 is 0 Å². The van der Waals surface area contributed by atoms with Crippen molar-refractivity contribution in [1.82, 2.24) is 5.32 Å². The van der Waals surface area contributed by atoms with Crippen LogP contribution in [-0.4, -0.2) is 19.6 Å². The Hall–Kier alpha value is -0.930. The third-order valence-corrected chi connectivity index (χ3v) is 2.41. The second kappa shape index (κ2) is 5.24. The number of carbonyl (C=O) groups excluding carboxylic acids is 1. The average molecular weight is 248 g/mol. The molecule has 0 aromatic heterocycles. The van der Waals surface area contributed by atoms with Crippen LogP contribution in [0.25, 0.3) is 0 Å². The first kappa shape index (κ1) is 12.1. The van der Waals surface area contributed by atoms with Gasteiger partial charge in [0.15, 0.2) is 0 Å². The first-order chi connectivity index (χ1) is 7.10. The molecule has 82 valence electrons. The molecule has 0 spiro atoms. The molecule has 0 fully saturated rings. The number of ether oxygens (including phenoxy) is 1. The number of nitrogens with one attached hydrogen (secondary N) is 1. The topological polar surface area (TPSA) is 38.3 Å². The smallest absolute Gasteiger partial charge is 0.254 e. The highest BCUT2D eigenvalue weighted by Gasteiger charge is 2.15. The fourth-order valence-electron chi connectivity index (χ4n) is 1.13. The molecule has 0 aliphatic carbocycles. The van der Waals surface area contributed by atoms with Crippen LogP contribution in [0.2, 0.25) is 10.0 Å². The predicted octanol–water partition coefficient (Wildman–Crippen LogP) is 2.75. The van der Waals surface area contributed by atoms with Gasteiger partial charge in [-0.2, -0.15) is 0 Å². The first-order valence-corrected chi connectivity index (χ1v) is 5.17. The lowest BCUT2D eigenvalue weighted by Gasteiger charge is -2.08. The number of carbonyl (C=O) groups is 1. The van der Waals surface area contributed by atoms with Crippen molar-refractivity contribution < 1.29 is 9.53 Å². The molecule has 1 aromatic rings. The van der Waals surface area contributed by atoms with Crippen molar-refractivity contribution >= 4 is 29.1 Å². The first-order valence-electron chi connectivity index (χ1n) is 4.41. The van der Waals surface area contributed by atoms with Crippen LogP contribution in [0.3, 0.4) is 0 Å². The number of methoxy groups -OCH3 is 1. The lowest BCUT2D eigenvalue weighted by molar-refractivity contribution is 0.0956. The highest BCUT2D eigenvalue weighted by atomic mass is 35.5. The van der Waals surface area contributed by atoms with Gasteiger partial charge in [0.1, 0.15) is 5.75 Å². The normalized spacial score (nSPS) is 9.87. The van der Waals surface area contributed by atoms with Crippen molar-refractivity contribution in [2.45, 2.75) is 6.92 Å². The SMILES string of the molecule is CCNC(=O)c1c(Cl)cc(OC)cc1Cl. The van der Waals surface area contributed by atoms with Gasteiger partial charge in [-0.3, -0.25) is 4.79 Å². The molecule has 0 bridgehead atoms.